The highest BCUT2D eigenvalue weighted by Crippen LogP contribution is 2.38. The van der Waals surface area contributed by atoms with Gasteiger partial charge in [0, 0.05) is 19.6 Å². The number of nitrogens with one attached hydrogen (secondary N) is 2. The Hall–Kier alpha value is -1.21. The molecule has 0 saturated carbocycles. The highest BCUT2D eigenvalue weighted by molar-refractivity contribution is 6.32. The van der Waals surface area contributed by atoms with Crippen molar-refractivity contribution in [1.29, 1.82) is 0 Å². The van der Waals surface area contributed by atoms with E-state index in [-0.39, 0.29) is 18.3 Å². The second-order valence-electron chi connectivity index (χ2n) is 5.21. The van der Waals surface area contributed by atoms with Gasteiger partial charge >= 0.3 is 0 Å². The standard InChI is InChI=1S/C15H19ClN2O4.ClH/c16-11-7-10(8-12-14(11)22-6-5-21-12)1-2-18-15(19)13-9-17-3-4-20-13;/h7-8,13,17H,1-6,9H2,(H,18,19);1H. The number of carbonyl (C=O) groups is 1. The summed E-state index contributed by atoms with van der Waals surface area (Å²) in [6.07, 6.45) is 0.264. The molecule has 1 amide bonds. The first-order valence-electron chi connectivity index (χ1n) is 7.42. The summed E-state index contributed by atoms with van der Waals surface area (Å²) in [6.45, 7) is 3.47. The summed E-state index contributed by atoms with van der Waals surface area (Å²) in [5, 5.41) is 6.55. The van der Waals surface area contributed by atoms with E-state index in [9.17, 15) is 4.79 Å². The van der Waals surface area contributed by atoms with Crippen LogP contribution in [-0.2, 0) is 16.0 Å². The number of ether oxygens (including phenoxy) is 3. The van der Waals surface area contributed by atoms with Crippen LogP contribution in [0.2, 0.25) is 5.02 Å². The van der Waals surface area contributed by atoms with Crippen LogP contribution in [0.4, 0.5) is 0 Å². The van der Waals surface area contributed by atoms with Gasteiger partial charge in [0.15, 0.2) is 11.5 Å². The van der Waals surface area contributed by atoms with Crippen molar-refractivity contribution in [2.75, 3.05) is 39.5 Å². The number of halogens is 2. The lowest BCUT2D eigenvalue weighted by Gasteiger charge is -2.23. The average Bonchev–Trinajstić information content (AvgIpc) is 2.56. The van der Waals surface area contributed by atoms with Crippen LogP contribution in [0.1, 0.15) is 5.56 Å². The van der Waals surface area contributed by atoms with E-state index >= 15 is 0 Å². The lowest BCUT2D eigenvalue weighted by atomic mass is 10.1. The summed E-state index contributed by atoms with van der Waals surface area (Å²) in [5.74, 6) is 1.18. The Morgan fingerprint density at radius 3 is 2.91 bits per heavy atom. The average molecular weight is 363 g/mol. The lowest BCUT2D eigenvalue weighted by Crippen LogP contribution is -2.48. The Balaban J connectivity index is 0.00000192. The molecule has 6 nitrogen and oxygen atoms in total. The molecule has 1 atom stereocenters. The van der Waals surface area contributed by atoms with Crippen molar-refractivity contribution < 1.29 is 19.0 Å². The third-order valence-electron chi connectivity index (χ3n) is 3.59. The molecule has 23 heavy (non-hydrogen) atoms. The Morgan fingerprint density at radius 2 is 2.13 bits per heavy atom. The van der Waals surface area contributed by atoms with Crippen LogP contribution in [-0.4, -0.2) is 51.5 Å². The normalized spacial score (nSPS) is 19.6. The molecule has 1 aromatic rings. The maximum atomic E-state index is 11.9. The van der Waals surface area contributed by atoms with Gasteiger partial charge in [0.1, 0.15) is 19.3 Å². The van der Waals surface area contributed by atoms with Crippen molar-refractivity contribution in [1.82, 2.24) is 10.6 Å². The molecule has 128 valence electrons. The molecule has 2 aliphatic heterocycles. The first-order chi connectivity index (χ1) is 10.7. The van der Waals surface area contributed by atoms with E-state index in [0.29, 0.717) is 55.9 Å². The SMILES string of the molecule is Cl.O=C(NCCc1cc(Cl)c2c(c1)OCCO2)C1CNCCO1. The summed E-state index contributed by atoms with van der Waals surface area (Å²) < 4.78 is 16.4. The van der Waals surface area contributed by atoms with Crippen LogP contribution in [0, 0.1) is 0 Å². The molecule has 1 fully saturated rings. The Bertz CT molecular complexity index is 551. The fraction of sp³-hybridized carbons (Fsp3) is 0.533. The quantitative estimate of drug-likeness (QED) is 0.841. The van der Waals surface area contributed by atoms with Gasteiger partial charge in [0.2, 0.25) is 5.91 Å². The topological polar surface area (TPSA) is 68.8 Å². The van der Waals surface area contributed by atoms with Crippen molar-refractivity contribution >= 4 is 29.9 Å². The van der Waals surface area contributed by atoms with Crippen molar-refractivity contribution in [2.24, 2.45) is 0 Å². The van der Waals surface area contributed by atoms with Crippen LogP contribution < -0.4 is 20.1 Å². The number of hydrogen-bond acceptors (Lipinski definition) is 5. The Labute approximate surface area is 146 Å². The van der Waals surface area contributed by atoms with Crippen molar-refractivity contribution in [3.05, 3.63) is 22.7 Å². The number of rotatable bonds is 4. The van der Waals surface area contributed by atoms with E-state index in [1.807, 2.05) is 12.1 Å². The predicted octanol–water partition coefficient (Wildman–Crippen LogP) is 1.18. The van der Waals surface area contributed by atoms with Gasteiger partial charge in [-0.05, 0) is 24.1 Å². The molecule has 0 radical (unpaired) electrons. The number of carbonyl (C=O) groups excluding carboxylic acids is 1. The van der Waals surface area contributed by atoms with Gasteiger partial charge in [0.05, 0.1) is 11.6 Å². The number of fused-ring (bicyclic) bond motifs is 1. The van der Waals surface area contributed by atoms with E-state index in [0.717, 1.165) is 12.1 Å². The minimum atomic E-state index is -0.405. The van der Waals surface area contributed by atoms with E-state index in [1.54, 1.807) is 0 Å². The summed E-state index contributed by atoms with van der Waals surface area (Å²) in [5.41, 5.74) is 0.997. The molecule has 0 bridgehead atoms. The molecule has 3 rings (SSSR count). The molecule has 1 unspecified atom stereocenters. The van der Waals surface area contributed by atoms with Gasteiger partial charge in [-0.2, -0.15) is 0 Å². The van der Waals surface area contributed by atoms with E-state index < -0.39 is 6.10 Å². The summed E-state index contributed by atoms with van der Waals surface area (Å²) >= 11 is 6.19. The zero-order chi connectivity index (χ0) is 15.4. The van der Waals surface area contributed by atoms with Crippen molar-refractivity contribution in [3.63, 3.8) is 0 Å². The summed E-state index contributed by atoms with van der Waals surface area (Å²) in [7, 11) is 0. The zero-order valence-corrected chi connectivity index (χ0v) is 14.2. The molecule has 1 aromatic carbocycles. The Kier molecular flexibility index (Phi) is 6.77. The fourth-order valence-corrected chi connectivity index (χ4v) is 2.77. The van der Waals surface area contributed by atoms with Gasteiger partial charge in [0.25, 0.3) is 0 Å². The number of amides is 1. The predicted molar refractivity (Wildman–Crippen MR) is 89.0 cm³/mol. The maximum absolute atomic E-state index is 11.9. The fourth-order valence-electron chi connectivity index (χ4n) is 2.49. The van der Waals surface area contributed by atoms with E-state index in [4.69, 9.17) is 25.8 Å². The van der Waals surface area contributed by atoms with Crippen LogP contribution in [0.3, 0.4) is 0 Å². The largest absolute Gasteiger partial charge is 0.486 e. The second kappa shape index (κ2) is 8.59. The molecular formula is C15H20Cl2N2O4. The van der Waals surface area contributed by atoms with Crippen LogP contribution in [0.5, 0.6) is 11.5 Å². The molecule has 2 N–H and O–H groups in total. The molecule has 2 heterocycles. The lowest BCUT2D eigenvalue weighted by molar-refractivity contribution is -0.134. The number of morpholine rings is 1. The van der Waals surface area contributed by atoms with Crippen molar-refractivity contribution in [3.8, 4) is 11.5 Å². The highest BCUT2D eigenvalue weighted by Gasteiger charge is 2.21. The number of hydrogen-bond donors (Lipinski definition) is 2. The third-order valence-corrected chi connectivity index (χ3v) is 3.87. The van der Waals surface area contributed by atoms with Gasteiger partial charge in [-0.1, -0.05) is 11.6 Å². The van der Waals surface area contributed by atoms with Gasteiger partial charge in [-0.15, -0.1) is 12.4 Å². The molecular weight excluding hydrogens is 343 g/mol. The third kappa shape index (κ3) is 4.64. The highest BCUT2D eigenvalue weighted by atomic mass is 35.5. The first-order valence-corrected chi connectivity index (χ1v) is 7.80. The molecule has 0 aliphatic carbocycles. The molecule has 2 aliphatic rings. The molecule has 8 heteroatoms. The first kappa shape index (κ1) is 18.1. The second-order valence-corrected chi connectivity index (χ2v) is 5.61. The van der Waals surface area contributed by atoms with Gasteiger partial charge in [-0.25, -0.2) is 0 Å². The monoisotopic (exact) mass is 362 g/mol. The van der Waals surface area contributed by atoms with Crippen LogP contribution >= 0.6 is 24.0 Å². The minimum Gasteiger partial charge on any atom is -0.486 e. The maximum Gasteiger partial charge on any atom is 0.250 e. The van der Waals surface area contributed by atoms with Crippen LogP contribution in [0.15, 0.2) is 12.1 Å². The number of benzene rings is 1. The zero-order valence-electron chi connectivity index (χ0n) is 12.6. The van der Waals surface area contributed by atoms with Gasteiger partial charge < -0.3 is 24.8 Å². The summed E-state index contributed by atoms with van der Waals surface area (Å²) in [4.78, 5) is 11.9. The minimum absolute atomic E-state index is 0. The molecule has 1 saturated heterocycles. The Morgan fingerprint density at radius 1 is 1.30 bits per heavy atom. The smallest absolute Gasteiger partial charge is 0.250 e. The molecule has 0 spiro atoms. The van der Waals surface area contributed by atoms with E-state index in [2.05, 4.69) is 10.6 Å². The van der Waals surface area contributed by atoms with Gasteiger partial charge in [-0.3, -0.25) is 4.79 Å². The summed E-state index contributed by atoms with van der Waals surface area (Å²) in [6, 6.07) is 3.76. The van der Waals surface area contributed by atoms with E-state index in [1.165, 1.54) is 0 Å². The molecule has 0 aromatic heterocycles. The van der Waals surface area contributed by atoms with Crippen molar-refractivity contribution in [2.45, 2.75) is 12.5 Å². The van der Waals surface area contributed by atoms with Crippen LogP contribution in [0.25, 0.3) is 0 Å².